The lowest BCUT2D eigenvalue weighted by Gasteiger charge is -2.26. The molecule has 0 heterocycles. The average molecular weight is 372 g/mol. The average Bonchev–Trinajstić information content (AvgIpc) is 2.68. The van der Waals surface area contributed by atoms with Crippen molar-refractivity contribution in [2.75, 3.05) is 41.3 Å². The minimum Gasteiger partial charge on any atom is -0.497 e. The molecule has 2 aromatic carbocycles. The Morgan fingerprint density at radius 3 is 2.52 bits per heavy atom. The molecule has 146 valence electrons. The lowest BCUT2D eigenvalue weighted by Crippen LogP contribution is -2.42. The van der Waals surface area contributed by atoms with Crippen LogP contribution in [0.3, 0.4) is 0 Å². The van der Waals surface area contributed by atoms with Gasteiger partial charge >= 0.3 is 0 Å². The first kappa shape index (κ1) is 20.7. The van der Waals surface area contributed by atoms with Crippen molar-refractivity contribution in [1.29, 1.82) is 0 Å². The van der Waals surface area contributed by atoms with Crippen LogP contribution >= 0.6 is 0 Å². The quantitative estimate of drug-likeness (QED) is 0.553. The van der Waals surface area contributed by atoms with E-state index < -0.39 is 0 Å². The summed E-state index contributed by atoms with van der Waals surface area (Å²) in [4.78, 5) is 6.44. The molecule has 0 bridgehead atoms. The van der Waals surface area contributed by atoms with E-state index in [2.05, 4.69) is 46.8 Å². The fourth-order valence-corrected chi connectivity index (χ4v) is 2.84. The molecule has 5 nitrogen and oxygen atoms in total. The van der Waals surface area contributed by atoms with Crippen LogP contribution in [0.4, 0.5) is 4.39 Å². The number of hydrogen-bond donors (Lipinski definition) is 2. The molecular weight excluding hydrogens is 343 g/mol. The number of hydrogen-bond acceptors (Lipinski definition) is 3. The van der Waals surface area contributed by atoms with Gasteiger partial charge in [-0.1, -0.05) is 24.3 Å². The maximum atomic E-state index is 13.0. The third kappa shape index (κ3) is 6.57. The Morgan fingerprint density at radius 2 is 1.89 bits per heavy atom. The molecule has 0 aliphatic carbocycles. The van der Waals surface area contributed by atoms with E-state index in [1.807, 2.05) is 12.1 Å². The van der Waals surface area contributed by atoms with Gasteiger partial charge in [-0.25, -0.2) is 4.39 Å². The zero-order chi connectivity index (χ0) is 19.6. The molecule has 0 saturated carbocycles. The minimum atomic E-state index is -0.212. The van der Waals surface area contributed by atoms with Crippen LogP contribution in [-0.4, -0.2) is 52.2 Å². The Kier molecular flexibility index (Phi) is 8.07. The number of aliphatic imine (C=N–C) groups is 1. The highest BCUT2D eigenvalue weighted by Crippen LogP contribution is 2.22. The topological polar surface area (TPSA) is 48.9 Å². The van der Waals surface area contributed by atoms with E-state index in [9.17, 15) is 4.39 Å². The number of halogens is 1. The second kappa shape index (κ2) is 10.5. The second-order valence-electron chi connectivity index (χ2n) is 6.51. The molecule has 2 rings (SSSR count). The van der Waals surface area contributed by atoms with Gasteiger partial charge in [-0.05, 0) is 55.9 Å². The molecule has 0 aromatic heterocycles. The molecule has 27 heavy (non-hydrogen) atoms. The van der Waals surface area contributed by atoms with E-state index >= 15 is 0 Å². The number of rotatable bonds is 8. The molecule has 2 N–H and O–H groups in total. The summed E-state index contributed by atoms with van der Waals surface area (Å²) >= 11 is 0. The van der Waals surface area contributed by atoms with Gasteiger partial charge in [0.1, 0.15) is 11.6 Å². The van der Waals surface area contributed by atoms with Gasteiger partial charge in [-0.15, -0.1) is 0 Å². The predicted octanol–water partition coefficient (Wildman–Crippen LogP) is 2.84. The molecule has 0 saturated heterocycles. The Balaban J connectivity index is 1.89. The maximum Gasteiger partial charge on any atom is 0.191 e. The summed E-state index contributed by atoms with van der Waals surface area (Å²) in [5.74, 6) is 1.38. The van der Waals surface area contributed by atoms with Gasteiger partial charge in [0, 0.05) is 20.1 Å². The monoisotopic (exact) mass is 372 g/mol. The van der Waals surface area contributed by atoms with Crippen LogP contribution < -0.4 is 15.4 Å². The second-order valence-corrected chi connectivity index (χ2v) is 6.51. The zero-order valence-corrected chi connectivity index (χ0v) is 16.5. The number of ether oxygens (including phenoxy) is 1. The number of guanidine groups is 1. The van der Waals surface area contributed by atoms with Crippen molar-refractivity contribution in [2.24, 2.45) is 4.99 Å². The first-order valence-corrected chi connectivity index (χ1v) is 9.03. The molecule has 0 aliphatic rings. The van der Waals surface area contributed by atoms with Crippen LogP contribution in [0.5, 0.6) is 5.75 Å². The number of methoxy groups -OCH3 is 1. The molecular formula is C21H29FN4O. The predicted molar refractivity (Wildman–Crippen MR) is 109 cm³/mol. The van der Waals surface area contributed by atoms with E-state index in [1.54, 1.807) is 26.3 Å². The van der Waals surface area contributed by atoms with E-state index in [0.717, 1.165) is 30.2 Å². The Hall–Kier alpha value is -2.60. The van der Waals surface area contributed by atoms with Gasteiger partial charge in [-0.2, -0.15) is 0 Å². The molecule has 0 fully saturated rings. The highest BCUT2D eigenvalue weighted by molar-refractivity contribution is 5.79. The third-order valence-corrected chi connectivity index (χ3v) is 4.41. The number of nitrogens with zero attached hydrogens (tertiary/aromatic N) is 2. The van der Waals surface area contributed by atoms with Crippen LogP contribution in [0.1, 0.15) is 17.2 Å². The van der Waals surface area contributed by atoms with Crippen LogP contribution in [0, 0.1) is 5.82 Å². The van der Waals surface area contributed by atoms with Gasteiger partial charge in [-0.3, -0.25) is 4.99 Å². The molecule has 1 unspecified atom stereocenters. The summed E-state index contributed by atoms with van der Waals surface area (Å²) in [6.07, 6.45) is 0.800. The van der Waals surface area contributed by atoms with Crippen LogP contribution in [0.25, 0.3) is 0 Å². The standard InChI is InChI=1S/C21H29FN4O/c1-23-21(24-13-12-16-8-10-18(22)11-9-16)25-15-20(26(2)3)17-6-5-7-19(14-17)27-4/h5-11,14,20H,12-13,15H2,1-4H3,(H2,23,24,25). The Labute approximate surface area is 161 Å². The summed E-state index contributed by atoms with van der Waals surface area (Å²) in [6.45, 7) is 1.42. The van der Waals surface area contributed by atoms with Crippen LogP contribution in [0.15, 0.2) is 53.5 Å². The number of likely N-dealkylation sites (N-methyl/N-ethyl adjacent to an activating group) is 1. The van der Waals surface area contributed by atoms with Crippen molar-refractivity contribution in [3.05, 3.63) is 65.5 Å². The summed E-state index contributed by atoms with van der Waals surface area (Å²) in [6, 6.07) is 14.8. The van der Waals surface area contributed by atoms with Crippen molar-refractivity contribution in [3.8, 4) is 5.75 Å². The fraction of sp³-hybridized carbons (Fsp3) is 0.381. The Morgan fingerprint density at radius 1 is 1.15 bits per heavy atom. The summed E-state index contributed by atoms with van der Waals surface area (Å²) in [7, 11) is 7.53. The minimum absolute atomic E-state index is 0.177. The Bertz CT molecular complexity index is 731. The first-order valence-electron chi connectivity index (χ1n) is 9.03. The van der Waals surface area contributed by atoms with E-state index in [-0.39, 0.29) is 11.9 Å². The molecule has 0 aliphatic heterocycles. The molecule has 2 aromatic rings. The highest BCUT2D eigenvalue weighted by Gasteiger charge is 2.15. The van der Waals surface area contributed by atoms with Crippen molar-refractivity contribution in [1.82, 2.24) is 15.5 Å². The van der Waals surface area contributed by atoms with Crippen molar-refractivity contribution >= 4 is 5.96 Å². The lowest BCUT2D eigenvalue weighted by atomic mass is 10.1. The van der Waals surface area contributed by atoms with Crippen LogP contribution in [0.2, 0.25) is 0 Å². The first-order chi connectivity index (χ1) is 13.0. The van der Waals surface area contributed by atoms with E-state index in [0.29, 0.717) is 6.54 Å². The molecule has 6 heteroatoms. The van der Waals surface area contributed by atoms with E-state index in [1.165, 1.54) is 17.7 Å². The molecule has 0 radical (unpaired) electrons. The fourth-order valence-electron chi connectivity index (χ4n) is 2.84. The van der Waals surface area contributed by atoms with Crippen molar-refractivity contribution in [2.45, 2.75) is 12.5 Å². The zero-order valence-electron chi connectivity index (χ0n) is 16.5. The number of nitrogens with one attached hydrogen (secondary N) is 2. The summed E-state index contributed by atoms with van der Waals surface area (Å²) in [5, 5.41) is 6.68. The largest absolute Gasteiger partial charge is 0.497 e. The van der Waals surface area contributed by atoms with Crippen molar-refractivity contribution < 1.29 is 9.13 Å². The lowest BCUT2D eigenvalue weighted by molar-refractivity contribution is 0.297. The molecule has 1 atom stereocenters. The van der Waals surface area contributed by atoms with Crippen LogP contribution in [-0.2, 0) is 6.42 Å². The smallest absolute Gasteiger partial charge is 0.191 e. The normalized spacial score (nSPS) is 12.7. The van der Waals surface area contributed by atoms with Crippen molar-refractivity contribution in [3.63, 3.8) is 0 Å². The van der Waals surface area contributed by atoms with Gasteiger partial charge in [0.05, 0.1) is 13.2 Å². The highest BCUT2D eigenvalue weighted by atomic mass is 19.1. The van der Waals surface area contributed by atoms with Gasteiger partial charge in [0.2, 0.25) is 0 Å². The SMILES string of the molecule is CN=C(NCCc1ccc(F)cc1)NCC(c1cccc(OC)c1)N(C)C. The van der Waals surface area contributed by atoms with E-state index in [4.69, 9.17) is 4.74 Å². The van der Waals surface area contributed by atoms with Gasteiger partial charge < -0.3 is 20.3 Å². The molecule has 0 amide bonds. The van der Waals surface area contributed by atoms with Gasteiger partial charge in [0.25, 0.3) is 0 Å². The summed E-state index contributed by atoms with van der Waals surface area (Å²) < 4.78 is 18.3. The maximum absolute atomic E-state index is 13.0. The molecule has 0 spiro atoms. The number of benzene rings is 2. The van der Waals surface area contributed by atoms with Gasteiger partial charge in [0.15, 0.2) is 5.96 Å². The summed E-state index contributed by atoms with van der Waals surface area (Å²) in [5.41, 5.74) is 2.26. The third-order valence-electron chi connectivity index (χ3n) is 4.41.